The van der Waals surface area contributed by atoms with E-state index >= 15 is 0 Å². The lowest BCUT2D eigenvalue weighted by molar-refractivity contribution is 0.0698. The first kappa shape index (κ1) is 12.4. The fraction of sp³-hybridized carbons (Fsp3) is 0.500. The largest absolute Gasteiger partial charge is 0.492 e. The molecule has 84 valence electrons. The predicted octanol–water partition coefficient (Wildman–Crippen LogP) is 2.89. The van der Waals surface area contributed by atoms with Crippen molar-refractivity contribution in [3.63, 3.8) is 0 Å². The van der Waals surface area contributed by atoms with Crippen molar-refractivity contribution in [1.29, 1.82) is 0 Å². The van der Waals surface area contributed by atoms with Crippen molar-refractivity contribution in [2.75, 3.05) is 18.6 Å². The minimum Gasteiger partial charge on any atom is -0.492 e. The molecular weight excluding hydrogens is 232 g/mol. The summed E-state index contributed by atoms with van der Waals surface area (Å²) in [5, 5.41) is 8.91. The fourth-order valence-corrected chi connectivity index (χ4v) is 2.33. The van der Waals surface area contributed by atoms with Crippen LogP contribution in [0.25, 0.3) is 0 Å². The van der Waals surface area contributed by atoms with Crippen molar-refractivity contribution in [2.45, 2.75) is 13.3 Å². The van der Waals surface area contributed by atoms with Crippen molar-refractivity contribution in [2.24, 2.45) is 0 Å². The number of carbonyl (C=O) groups is 1. The summed E-state index contributed by atoms with van der Waals surface area (Å²) < 4.78 is 5.44. The van der Waals surface area contributed by atoms with Crippen molar-refractivity contribution in [1.82, 2.24) is 0 Å². The van der Waals surface area contributed by atoms with E-state index in [0.717, 1.165) is 17.1 Å². The standard InChI is InChI=1S/C10H14O3S2/c1-7-6-8(9(15-7)10(11)12)13-4-3-5-14-2/h6H,3-5H2,1-2H3,(H,11,12). The summed E-state index contributed by atoms with van der Waals surface area (Å²) in [6.07, 6.45) is 2.98. The number of carboxylic acid groups (broad SMARTS) is 1. The first-order chi connectivity index (χ1) is 7.15. The molecule has 1 heterocycles. The van der Waals surface area contributed by atoms with Crippen molar-refractivity contribution < 1.29 is 14.6 Å². The Balaban J connectivity index is 2.55. The number of rotatable bonds is 6. The van der Waals surface area contributed by atoms with Crippen LogP contribution in [0.15, 0.2) is 6.07 Å². The van der Waals surface area contributed by atoms with Crippen LogP contribution in [0.2, 0.25) is 0 Å². The summed E-state index contributed by atoms with van der Waals surface area (Å²) in [6.45, 7) is 2.46. The smallest absolute Gasteiger partial charge is 0.349 e. The molecule has 0 aromatic carbocycles. The Bertz CT molecular complexity index is 333. The lowest BCUT2D eigenvalue weighted by Gasteiger charge is -2.03. The third-order valence-electron chi connectivity index (χ3n) is 1.77. The maximum absolute atomic E-state index is 10.9. The monoisotopic (exact) mass is 246 g/mol. The second-order valence-electron chi connectivity index (χ2n) is 3.05. The minimum atomic E-state index is -0.909. The van der Waals surface area contributed by atoms with Gasteiger partial charge in [0.25, 0.3) is 0 Å². The zero-order chi connectivity index (χ0) is 11.3. The molecule has 1 rings (SSSR count). The number of hydrogen-bond acceptors (Lipinski definition) is 4. The number of aromatic carboxylic acids is 1. The van der Waals surface area contributed by atoms with Gasteiger partial charge in [-0.25, -0.2) is 4.79 Å². The summed E-state index contributed by atoms with van der Waals surface area (Å²) >= 11 is 3.02. The third-order valence-corrected chi connectivity index (χ3v) is 3.48. The van der Waals surface area contributed by atoms with Crippen molar-refractivity contribution >= 4 is 29.1 Å². The molecule has 0 bridgehead atoms. The molecule has 1 aromatic rings. The van der Waals surface area contributed by atoms with Crippen LogP contribution in [0.3, 0.4) is 0 Å². The molecule has 0 saturated heterocycles. The molecule has 0 unspecified atom stereocenters. The Kier molecular flexibility index (Phi) is 4.98. The van der Waals surface area contributed by atoms with Gasteiger partial charge < -0.3 is 9.84 Å². The molecule has 1 aromatic heterocycles. The number of aryl methyl sites for hydroxylation is 1. The lowest BCUT2D eigenvalue weighted by Crippen LogP contribution is -2.02. The number of thiophene rings is 1. The highest BCUT2D eigenvalue weighted by atomic mass is 32.2. The van der Waals surface area contributed by atoms with E-state index < -0.39 is 5.97 Å². The van der Waals surface area contributed by atoms with Gasteiger partial charge in [0.1, 0.15) is 5.75 Å². The van der Waals surface area contributed by atoms with Gasteiger partial charge in [-0.1, -0.05) is 0 Å². The molecule has 0 radical (unpaired) electrons. The molecule has 15 heavy (non-hydrogen) atoms. The van der Waals surface area contributed by atoms with Crippen LogP contribution >= 0.6 is 23.1 Å². The van der Waals surface area contributed by atoms with Gasteiger partial charge in [0.05, 0.1) is 6.61 Å². The van der Waals surface area contributed by atoms with Gasteiger partial charge in [0.2, 0.25) is 0 Å². The highest BCUT2D eigenvalue weighted by Gasteiger charge is 2.14. The summed E-state index contributed by atoms with van der Waals surface area (Å²) in [6, 6.07) is 1.78. The Labute approximate surface area is 97.5 Å². The van der Waals surface area contributed by atoms with E-state index in [0.29, 0.717) is 17.2 Å². The highest BCUT2D eigenvalue weighted by molar-refractivity contribution is 7.98. The van der Waals surface area contributed by atoms with Crippen molar-refractivity contribution in [3.8, 4) is 5.75 Å². The Hall–Kier alpha value is -0.680. The molecule has 0 aliphatic rings. The average Bonchev–Trinajstić information content (AvgIpc) is 2.55. The molecule has 0 aliphatic heterocycles. The topological polar surface area (TPSA) is 46.5 Å². The van der Waals surface area contributed by atoms with Crippen LogP contribution in [-0.2, 0) is 0 Å². The minimum absolute atomic E-state index is 0.302. The van der Waals surface area contributed by atoms with Crippen LogP contribution in [0.5, 0.6) is 5.75 Å². The van der Waals surface area contributed by atoms with Crippen LogP contribution in [0, 0.1) is 6.92 Å². The first-order valence-corrected chi connectivity index (χ1v) is 6.81. The Morgan fingerprint density at radius 3 is 3.00 bits per heavy atom. The van der Waals surface area contributed by atoms with E-state index in [4.69, 9.17) is 9.84 Å². The van der Waals surface area contributed by atoms with Gasteiger partial charge >= 0.3 is 5.97 Å². The van der Waals surface area contributed by atoms with Gasteiger partial charge in [-0.2, -0.15) is 11.8 Å². The molecule has 0 amide bonds. The molecule has 3 nitrogen and oxygen atoms in total. The maximum atomic E-state index is 10.9. The SMILES string of the molecule is CSCCCOc1cc(C)sc1C(=O)O. The molecular formula is C10H14O3S2. The van der Waals surface area contributed by atoms with Gasteiger partial charge in [0, 0.05) is 4.88 Å². The second kappa shape index (κ2) is 6.02. The molecule has 0 aliphatic carbocycles. The number of hydrogen-bond donors (Lipinski definition) is 1. The van der Waals surface area contributed by atoms with Crippen LogP contribution < -0.4 is 4.74 Å². The summed E-state index contributed by atoms with van der Waals surface area (Å²) in [5.41, 5.74) is 0. The molecule has 5 heteroatoms. The average molecular weight is 246 g/mol. The molecule has 1 N–H and O–H groups in total. The molecule has 0 saturated carbocycles. The molecule has 0 atom stereocenters. The summed E-state index contributed by atoms with van der Waals surface area (Å²) in [4.78, 5) is 12.1. The fourth-order valence-electron chi connectivity index (χ4n) is 1.13. The number of thioether (sulfide) groups is 1. The number of carboxylic acids is 1. The van der Waals surface area contributed by atoms with Gasteiger partial charge in [-0.15, -0.1) is 11.3 Å². The molecule has 0 spiro atoms. The Morgan fingerprint density at radius 2 is 2.40 bits per heavy atom. The highest BCUT2D eigenvalue weighted by Crippen LogP contribution is 2.28. The molecule has 0 fully saturated rings. The van der Waals surface area contributed by atoms with E-state index in [1.165, 1.54) is 11.3 Å². The normalized spacial score (nSPS) is 10.3. The van der Waals surface area contributed by atoms with E-state index in [-0.39, 0.29) is 0 Å². The summed E-state index contributed by atoms with van der Waals surface area (Å²) in [7, 11) is 0. The second-order valence-corrected chi connectivity index (χ2v) is 5.29. The third kappa shape index (κ3) is 3.76. The van der Waals surface area contributed by atoms with E-state index in [1.54, 1.807) is 17.8 Å². The van der Waals surface area contributed by atoms with Gasteiger partial charge in [0.15, 0.2) is 4.88 Å². The van der Waals surface area contributed by atoms with Crippen LogP contribution in [0.1, 0.15) is 21.0 Å². The summed E-state index contributed by atoms with van der Waals surface area (Å²) in [5.74, 6) is 0.630. The van der Waals surface area contributed by atoms with Crippen LogP contribution in [0.4, 0.5) is 0 Å². The van der Waals surface area contributed by atoms with Crippen molar-refractivity contribution in [3.05, 3.63) is 15.8 Å². The number of ether oxygens (including phenoxy) is 1. The first-order valence-electron chi connectivity index (χ1n) is 4.60. The van der Waals surface area contributed by atoms with Gasteiger partial charge in [-0.3, -0.25) is 0 Å². The zero-order valence-electron chi connectivity index (χ0n) is 8.78. The predicted molar refractivity (Wildman–Crippen MR) is 64.5 cm³/mol. The van der Waals surface area contributed by atoms with E-state index in [9.17, 15) is 4.79 Å². The van der Waals surface area contributed by atoms with Gasteiger partial charge in [-0.05, 0) is 31.4 Å². The maximum Gasteiger partial charge on any atom is 0.349 e. The lowest BCUT2D eigenvalue weighted by atomic mass is 10.4. The van der Waals surface area contributed by atoms with E-state index in [1.807, 2.05) is 13.2 Å². The quantitative estimate of drug-likeness (QED) is 0.784. The van der Waals surface area contributed by atoms with E-state index in [2.05, 4.69) is 0 Å². The van der Waals surface area contributed by atoms with Crippen LogP contribution in [-0.4, -0.2) is 29.7 Å². The Morgan fingerprint density at radius 1 is 1.67 bits per heavy atom. The zero-order valence-corrected chi connectivity index (χ0v) is 10.4.